The fourth-order valence-electron chi connectivity index (χ4n) is 3.75. The molecule has 0 aliphatic rings. The van der Waals surface area contributed by atoms with E-state index in [-0.39, 0.29) is 23.9 Å². The van der Waals surface area contributed by atoms with Gasteiger partial charge in [0.1, 0.15) is 12.4 Å². The van der Waals surface area contributed by atoms with Crippen LogP contribution in [0.2, 0.25) is 0 Å². The van der Waals surface area contributed by atoms with Gasteiger partial charge in [0.25, 0.3) is 0 Å². The number of carbonyl (C=O) groups excluding carboxylic acids is 2. The Morgan fingerprint density at radius 2 is 1.38 bits per heavy atom. The van der Waals surface area contributed by atoms with Crippen LogP contribution in [0.25, 0.3) is 11.1 Å². The standard InChI is InChI=1S/C29H39ClO4/c1-4-5-6-7-8-9-10-11-28(31)34-27-18-16-24(17-19-27)23-12-14-25(15-13-23)29(32)33-21-26(30)20-22(2)3/h12-19,22,26H,4-11,20-21H2,1-3H3. The number of benzene rings is 2. The minimum Gasteiger partial charge on any atom is -0.461 e. The second kappa shape index (κ2) is 15.5. The monoisotopic (exact) mass is 486 g/mol. The average molecular weight is 487 g/mol. The van der Waals surface area contributed by atoms with Gasteiger partial charge in [0.15, 0.2) is 0 Å². The van der Waals surface area contributed by atoms with Crippen molar-refractivity contribution in [3.63, 3.8) is 0 Å². The Labute approximate surface area is 210 Å². The second-order valence-corrected chi connectivity index (χ2v) is 9.89. The highest BCUT2D eigenvalue weighted by Gasteiger charge is 2.13. The molecule has 0 spiro atoms. The van der Waals surface area contributed by atoms with Crippen molar-refractivity contribution in [3.8, 4) is 16.9 Å². The molecule has 0 heterocycles. The van der Waals surface area contributed by atoms with E-state index in [2.05, 4.69) is 20.8 Å². The summed E-state index contributed by atoms with van der Waals surface area (Å²) in [4.78, 5) is 24.3. The summed E-state index contributed by atoms with van der Waals surface area (Å²) in [5, 5.41) is -0.175. The summed E-state index contributed by atoms with van der Waals surface area (Å²) >= 11 is 6.20. The zero-order chi connectivity index (χ0) is 24.8. The normalized spacial score (nSPS) is 11.9. The molecule has 0 fully saturated rings. The lowest BCUT2D eigenvalue weighted by Gasteiger charge is -2.12. The number of esters is 2. The molecule has 1 unspecified atom stereocenters. The van der Waals surface area contributed by atoms with Crippen LogP contribution in [0.15, 0.2) is 48.5 Å². The minimum absolute atomic E-state index is 0.175. The van der Waals surface area contributed by atoms with Crippen LogP contribution >= 0.6 is 11.6 Å². The maximum atomic E-state index is 12.3. The molecule has 0 N–H and O–H groups in total. The molecule has 34 heavy (non-hydrogen) atoms. The molecule has 2 aromatic rings. The number of unbranched alkanes of at least 4 members (excludes halogenated alkanes) is 6. The van der Waals surface area contributed by atoms with Crippen LogP contribution in [0.5, 0.6) is 5.75 Å². The van der Waals surface area contributed by atoms with Gasteiger partial charge in [0.2, 0.25) is 0 Å². The zero-order valence-corrected chi connectivity index (χ0v) is 21.6. The van der Waals surface area contributed by atoms with Gasteiger partial charge in [-0.15, -0.1) is 11.6 Å². The van der Waals surface area contributed by atoms with E-state index in [1.165, 1.54) is 32.1 Å². The van der Waals surface area contributed by atoms with E-state index in [4.69, 9.17) is 21.1 Å². The summed E-state index contributed by atoms with van der Waals surface area (Å²) in [5.74, 6) is 0.454. The molecule has 1 atom stereocenters. The minimum atomic E-state index is -0.371. The zero-order valence-electron chi connectivity index (χ0n) is 20.9. The van der Waals surface area contributed by atoms with E-state index in [9.17, 15) is 9.59 Å². The van der Waals surface area contributed by atoms with E-state index in [1.807, 2.05) is 24.3 Å². The first kappa shape index (κ1) is 27.9. The van der Waals surface area contributed by atoms with Crippen molar-refractivity contribution in [3.05, 3.63) is 54.1 Å². The van der Waals surface area contributed by atoms with E-state index in [1.54, 1.807) is 24.3 Å². The maximum absolute atomic E-state index is 12.3. The van der Waals surface area contributed by atoms with Crippen LogP contribution in [0, 0.1) is 5.92 Å². The number of carbonyl (C=O) groups is 2. The molecule has 2 aromatic carbocycles. The first-order chi connectivity index (χ1) is 16.4. The van der Waals surface area contributed by atoms with Crippen LogP contribution in [-0.2, 0) is 9.53 Å². The molecule has 0 aliphatic carbocycles. The van der Waals surface area contributed by atoms with Gasteiger partial charge in [-0.3, -0.25) is 4.79 Å². The molecule has 0 bridgehead atoms. The highest BCUT2D eigenvalue weighted by atomic mass is 35.5. The summed E-state index contributed by atoms with van der Waals surface area (Å²) < 4.78 is 10.8. The Morgan fingerprint density at radius 1 is 0.824 bits per heavy atom. The van der Waals surface area contributed by atoms with Crippen molar-refractivity contribution < 1.29 is 19.1 Å². The number of halogens is 1. The molecule has 0 saturated carbocycles. The fourth-order valence-corrected chi connectivity index (χ4v) is 4.17. The largest absolute Gasteiger partial charge is 0.461 e. The summed E-state index contributed by atoms with van der Waals surface area (Å²) in [7, 11) is 0. The first-order valence-corrected chi connectivity index (χ1v) is 13.0. The number of rotatable bonds is 15. The lowest BCUT2D eigenvalue weighted by atomic mass is 10.0. The van der Waals surface area contributed by atoms with Crippen LogP contribution in [0.1, 0.15) is 88.9 Å². The van der Waals surface area contributed by atoms with Crippen LogP contribution in [0.3, 0.4) is 0 Å². The van der Waals surface area contributed by atoms with Crippen molar-refractivity contribution in [1.29, 1.82) is 0 Å². The fraction of sp³-hybridized carbons (Fsp3) is 0.517. The molecule has 0 amide bonds. The Morgan fingerprint density at radius 3 is 1.97 bits per heavy atom. The first-order valence-electron chi connectivity index (χ1n) is 12.6. The molecule has 186 valence electrons. The van der Waals surface area contributed by atoms with Gasteiger partial charge in [0, 0.05) is 6.42 Å². The summed E-state index contributed by atoms with van der Waals surface area (Å²) in [5.41, 5.74) is 2.44. The van der Waals surface area contributed by atoms with Gasteiger partial charge in [-0.1, -0.05) is 83.6 Å². The summed E-state index contributed by atoms with van der Waals surface area (Å²) in [6.45, 7) is 6.59. The van der Waals surface area contributed by atoms with Gasteiger partial charge in [-0.2, -0.15) is 0 Å². The predicted octanol–water partition coefficient (Wildman–Crippen LogP) is 8.21. The summed E-state index contributed by atoms with van der Waals surface area (Å²) in [6.07, 6.45) is 9.47. The molecular weight excluding hydrogens is 448 g/mol. The summed E-state index contributed by atoms with van der Waals surface area (Å²) in [6, 6.07) is 14.7. The van der Waals surface area contributed by atoms with Crippen molar-refractivity contribution >= 4 is 23.5 Å². The molecule has 0 saturated heterocycles. The van der Waals surface area contributed by atoms with Crippen LogP contribution in [0.4, 0.5) is 0 Å². The predicted molar refractivity (Wildman–Crippen MR) is 140 cm³/mol. The van der Waals surface area contributed by atoms with E-state index >= 15 is 0 Å². The topological polar surface area (TPSA) is 52.6 Å². The SMILES string of the molecule is CCCCCCCCCC(=O)Oc1ccc(-c2ccc(C(=O)OCC(Cl)CC(C)C)cc2)cc1. The van der Waals surface area contributed by atoms with E-state index in [0.717, 1.165) is 30.4 Å². The quantitative estimate of drug-likeness (QED) is 0.110. The Hall–Kier alpha value is -2.33. The van der Waals surface area contributed by atoms with Gasteiger partial charge in [-0.05, 0) is 54.2 Å². The van der Waals surface area contributed by atoms with Crippen molar-refractivity contribution in [2.45, 2.75) is 83.9 Å². The third-order valence-corrected chi connectivity index (χ3v) is 5.95. The van der Waals surface area contributed by atoms with E-state index < -0.39 is 0 Å². The van der Waals surface area contributed by atoms with Crippen molar-refractivity contribution in [2.75, 3.05) is 6.61 Å². The average Bonchev–Trinajstić information content (AvgIpc) is 2.82. The molecule has 0 aliphatic heterocycles. The highest BCUT2D eigenvalue weighted by Crippen LogP contribution is 2.24. The van der Waals surface area contributed by atoms with Crippen LogP contribution in [-0.4, -0.2) is 23.9 Å². The van der Waals surface area contributed by atoms with Crippen molar-refractivity contribution in [2.24, 2.45) is 5.92 Å². The second-order valence-electron chi connectivity index (χ2n) is 9.27. The Balaban J connectivity index is 1.77. The molecule has 2 rings (SSSR count). The van der Waals surface area contributed by atoms with Gasteiger partial charge < -0.3 is 9.47 Å². The third-order valence-electron chi connectivity index (χ3n) is 5.65. The van der Waals surface area contributed by atoms with Crippen molar-refractivity contribution in [1.82, 2.24) is 0 Å². The maximum Gasteiger partial charge on any atom is 0.338 e. The number of hydrogen-bond donors (Lipinski definition) is 0. The number of ether oxygens (including phenoxy) is 2. The smallest absolute Gasteiger partial charge is 0.338 e. The Bertz CT molecular complexity index is 859. The highest BCUT2D eigenvalue weighted by molar-refractivity contribution is 6.20. The third kappa shape index (κ3) is 10.7. The van der Waals surface area contributed by atoms with E-state index in [0.29, 0.717) is 23.7 Å². The lowest BCUT2D eigenvalue weighted by molar-refractivity contribution is -0.134. The van der Waals surface area contributed by atoms with Crippen LogP contribution < -0.4 is 4.74 Å². The van der Waals surface area contributed by atoms with Gasteiger partial charge in [-0.25, -0.2) is 4.79 Å². The lowest BCUT2D eigenvalue weighted by Crippen LogP contribution is -2.16. The number of alkyl halides is 1. The molecular formula is C29H39ClO4. The van der Waals surface area contributed by atoms with Gasteiger partial charge >= 0.3 is 11.9 Å². The number of hydrogen-bond acceptors (Lipinski definition) is 4. The molecule has 0 aromatic heterocycles. The van der Waals surface area contributed by atoms with Gasteiger partial charge in [0.05, 0.1) is 10.9 Å². The molecule has 0 radical (unpaired) electrons. The molecule has 5 heteroatoms. The Kier molecular flexibility index (Phi) is 12.8. The molecule has 4 nitrogen and oxygen atoms in total.